The van der Waals surface area contributed by atoms with Gasteiger partial charge in [0.25, 0.3) is 0 Å². The van der Waals surface area contributed by atoms with E-state index in [0.29, 0.717) is 35.2 Å². The van der Waals surface area contributed by atoms with Crippen molar-refractivity contribution in [3.8, 4) is 5.75 Å². The van der Waals surface area contributed by atoms with E-state index in [1.165, 1.54) is 0 Å². The zero-order valence-corrected chi connectivity index (χ0v) is 15.3. The van der Waals surface area contributed by atoms with Gasteiger partial charge in [-0.2, -0.15) is 0 Å². The van der Waals surface area contributed by atoms with Gasteiger partial charge >= 0.3 is 0 Å². The van der Waals surface area contributed by atoms with E-state index in [9.17, 15) is 4.79 Å². The van der Waals surface area contributed by atoms with Crippen molar-refractivity contribution in [1.82, 2.24) is 10.3 Å². The fraction of sp³-hybridized carbons (Fsp3) is 0.375. The zero-order valence-electron chi connectivity index (χ0n) is 12.9. The Morgan fingerprint density at radius 1 is 1.43 bits per heavy atom. The average Bonchev–Trinajstić information content (AvgIpc) is 2.94. The van der Waals surface area contributed by atoms with Crippen LogP contribution in [0.2, 0.25) is 10.0 Å². The summed E-state index contributed by atoms with van der Waals surface area (Å²) in [6.45, 7) is 4.27. The van der Waals surface area contributed by atoms with Crippen LogP contribution in [0.3, 0.4) is 0 Å². The smallest absolute Gasteiger partial charge is 0.220 e. The van der Waals surface area contributed by atoms with E-state index in [0.717, 1.165) is 10.7 Å². The van der Waals surface area contributed by atoms with Gasteiger partial charge in [-0.3, -0.25) is 4.79 Å². The van der Waals surface area contributed by atoms with Crippen molar-refractivity contribution in [1.29, 1.82) is 0 Å². The average molecular weight is 373 g/mol. The van der Waals surface area contributed by atoms with E-state index >= 15 is 0 Å². The first-order valence-corrected chi connectivity index (χ1v) is 8.89. The maximum atomic E-state index is 11.9. The number of ether oxygens (including phenoxy) is 1. The molecule has 0 aliphatic heterocycles. The number of nitrogens with one attached hydrogen (secondary N) is 1. The van der Waals surface area contributed by atoms with Gasteiger partial charge < -0.3 is 10.1 Å². The molecule has 4 nitrogen and oxygen atoms in total. The van der Waals surface area contributed by atoms with Crippen molar-refractivity contribution < 1.29 is 9.53 Å². The molecule has 1 heterocycles. The number of thiazole rings is 1. The molecule has 7 heteroatoms. The second-order valence-corrected chi connectivity index (χ2v) is 6.93. The molecule has 0 aliphatic carbocycles. The first-order valence-electron chi connectivity index (χ1n) is 7.25. The minimum absolute atomic E-state index is 0.0241. The summed E-state index contributed by atoms with van der Waals surface area (Å²) >= 11 is 13.5. The summed E-state index contributed by atoms with van der Waals surface area (Å²) in [5, 5.41) is 6.74. The highest BCUT2D eigenvalue weighted by molar-refractivity contribution is 7.09. The Bertz CT molecular complexity index is 676. The molecule has 0 bridgehead atoms. The number of carbonyl (C=O) groups excluding carboxylic acids is 1. The van der Waals surface area contributed by atoms with Crippen LogP contribution in [0.25, 0.3) is 0 Å². The maximum absolute atomic E-state index is 11.9. The lowest BCUT2D eigenvalue weighted by atomic mass is 10.2. The number of benzene rings is 1. The third-order valence-electron chi connectivity index (χ3n) is 3.18. The highest BCUT2D eigenvalue weighted by Crippen LogP contribution is 2.31. The van der Waals surface area contributed by atoms with Gasteiger partial charge in [0.1, 0.15) is 10.8 Å². The van der Waals surface area contributed by atoms with Crippen LogP contribution >= 0.6 is 34.5 Å². The third kappa shape index (κ3) is 5.37. The molecule has 23 heavy (non-hydrogen) atoms. The topological polar surface area (TPSA) is 51.2 Å². The Kier molecular flexibility index (Phi) is 6.69. The zero-order chi connectivity index (χ0) is 16.8. The number of hydrogen-bond acceptors (Lipinski definition) is 4. The number of halogens is 2. The lowest BCUT2D eigenvalue weighted by Crippen LogP contribution is -2.27. The third-order valence-corrected chi connectivity index (χ3v) is 4.77. The summed E-state index contributed by atoms with van der Waals surface area (Å²) in [6.07, 6.45) is 0.975. The number of carbonyl (C=O) groups is 1. The Morgan fingerprint density at radius 2 is 2.22 bits per heavy atom. The molecular formula is C16H18Cl2N2O2S. The van der Waals surface area contributed by atoms with Crippen LogP contribution in [0, 0.1) is 6.92 Å². The minimum Gasteiger partial charge on any atom is -0.492 e. The number of hydrogen-bond donors (Lipinski definition) is 1. The Balaban J connectivity index is 1.71. The predicted molar refractivity (Wildman–Crippen MR) is 94.6 cm³/mol. The molecule has 0 saturated heterocycles. The van der Waals surface area contributed by atoms with E-state index in [4.69, 9.17) is 27.9 Å². The first-order chi connectivity index (χ1) is 11.0. The molecule has 0 saturated carbocycles. The van der Waals surface area contributed by atoms with Crippen molar-refractivity contribution in [2.75, 3.05) is 6.61 Å². The van der Waals surface area contributed by atoms with Crippen LogP contribution in [-0.4, -0.2) is 17.5 Å². The van der Waals surface area contributed by atoms with Crippen LogP contribution in [0.4, 0.5) is 0 Å². The van der Waals surface area contributed by atoms with Crippen molar-refractivity contribution in [3.05, 3.63) is 44.3 Å². The van der Waals surface area contributed by atoms with Crippen LogP contribution in [-0.2, 0) is 4.79 Å². The lowest BCUT2D eigenvalue weighted by molar-refractivity contribution is -0.122. The van der Waals surface area contributed by atoms with Gasteiger partial charge in [0.05, 0.1) is 28.4 Å². The van der Waals surface area contributed by atoms with E-state index in [1.54, 1.807) is 29.5 Å². The molecule has 2 rings (SSSR count). The molecule has 0 spiro atoms. The van der Waals surface area contributed by atoms with Gasteiger partial charge in [-0.25, -0.2) is 4.98 Å². The molecule has 124 valence electrons. The second kappa shape index (κ2) is 8.52. The molecule has 1 atom stereocenters. The summed E-state index contributed by atoms with van der Waals surface area (Å²) in [7, 11) is 0. The van der Waals surface area contributed by atoms with Crippen molar-refractivity contribution >= 4 is 40.4 Å². The molecule has 2 aromatic rings. The number of aromatic nitrogens is 1. The number of amides is 1. The molecule has 1 unspecified atom stereocenters. The highest BCUT2D eigenvalue weighted by atomic mass is 35.5. The number of nitrogens with zero attached hydrogens (tertiary/aromatic N) is 1. The first kappa shape index (κ1) is 18.0. The fourth-order valence-corrected chi connectivity index (χ4v) is 3.03. The van der Waals surface area contributed by atoms with Crippen LogP contribution in [0.1, 0.15) is 36.5 Å². The van der Waals surface area contributed by atoms with Crippen LogP contribution in [0.15, 0.2) is 23.6 Å². The van der Waals surface area contributed by atoms with Gasteiger partial charge in [0, 0.05) is 11.8 Å². The Hall–Kier alpha value is -1.30. The fourth-order valence-electron chi connectivity index (χ4n) is 1.98. The maximum Gasteiger partial charge on any atom is 0.220 e. The number of aryl methyl sites for hydroxylation is 1. The molecule has 1 N–H and O–H groups in total. The van der Waals surface area contributed by atoms with Gasteiger partial charge in [0.2, 0.25) is 5.91 Å². The van der Waals surface area contributed by atoms with Crippen LogP contribution in [0.5, 0.6) is 5.75 Å². The van der Waals surface area contributed by atoms with Gasteiger partial charge in [-0.15, -0.1) is 11.3 Å². The van der Waals surface area contributed by atoms with E-state index in [1.807, 2.05) is 19.2 Å². The van der Waals surface area contributed by atoms with Crippen molar-refractivity contribution in [3.63, 3.8) is 0 Å². The van der Waals surface area contributed by atoms with E-state index < -0.39 is 0 Å². The molecule has 1 aromatic heterocycles. The predicted octanol–water partition coefficient (Wildman–Crippen LogP) is 4.79. The second-order valence-electron chi connectivity index (χ2n) is 5.08. The standard InChI is InChI=1S/C16H18Cl2N2O2S/c1-10(13-9-23-11(2)20-13)19-15(21)7-4-8-22-14-6-3-5-12(17)16(14)18/h3,5-6,9-10H,4,7-8H2,1-2H3,(H,19,21). The van der Waals surface area contributed by atoms with Crippen molar-refractivity contribution in [2.24, 2.45) is 0 Å². The summed E-state index contributed by atoms with van der Waals surface area (Å²) in [5.74, 6) is 0.509. The molecule has 1 amide bonds. The molecule has 0 aliphatic rings. The van der Waals surface area contributed by atoms with Crippen molar-refractivity contribution in [2.45, 2.75) is 32.7 Å². The SMILES string of the molecule is Cc1nc(C(C)NC(=O)CCCOc2cccc(Cl)c2Cl)cs1. The van der Waals surface area contributed by atoms with E-state index in [2.05, 4.69) is 10.3 Å². The van der Waals surface area contributed by atoms with Crippen LogP contribution < -0.4 is 10.1 Å². The van der Waals surface area contributed by atoms with Gasteiger partial charge in [0.15, 0.2) is 0 Å². The molecule has 0 fully saturated rings. The Morgan fingerprint density at radius 3 is 2.91 bits per heavy atom. The molecular weight excluding hydrogens is 355 g/mol. The number of rotatable bonds is 7. The quantitative estimate of drug-likeness (QED) is 0.710. The van der Waals surface area contributed by atoms with E-state index in [-0.39, 0.29) is 11.9 Å². The summed E-state index contributed by atoms with van der Waals surface area (Å²) in [5.41, 5.74) is 0.891. The summed E-state index contributed by atoms with van der Waals surface area (Å²) < 4.78 is 5.55. The summed E-state index contributed by atoms with van der Waals surface area (Å²) in [4.78, 5) is 16.3. The molecule has 0 radical (unpaired) electrons. The largest absolute Gasteiger partial charge is 0.492 e. The monoisotopic (exact) mass is 372 g/mol. The lowest BCUT2D eigenvalue weighted by Gasteiger charge is -2.12. The minimum atomic E-state index is -0.0873. The van der Waals surface area contributed by atoms with Gasteiger partial charge in [-0.1, -0.05) is 29.3 Å². The molecule has 1 aromatic carbocycles. The highest BCUT2D eigenvalue weighted by Gasteiger charge is 2.12. The Labute approximate surface area is 149 Å². The van der Waals surface area contributed by atoms with Gasteiger partial charge in [-0.05, 0) is 32.4 Å². The normalized spacial score (nSPS) is 12.0. The summed E-state index contributed by atoms with van der Waals surface area (Å²) in [6, 6.07) is 5.14.